The van der Waals surface area contributed by atoms with Gasteiger partial charge in [0, 0.05) is 21.0 Å². The van der Waals surface area contributed by atoms with E-state index < -0.39 is 11.7 Å². The summed E-state index contributed by atoms with van der Waals surface area (Å²) in [6, 6.07) is 6.64. The van der Waals surface area contributed by atoms with Crippen LogP contribution in [0, 0.1) is 0 Å². The van der Waals surface area contributed by atoms with Crippen molar-refractivity contribution in [2.45, 2.75) is 37.9 Å². The predicted molar refractivity (Wildman–Crippen MR) is 76.3 cm³/mol. The van der Waals surface area contributed by atoms with Gasteiger partial charge in [-0.05, 0) is 50.4 Å². The molecular formula is C15H16F3NS. The molecule has 1 N–H and O–H groups in total. The summed E-state index contributed by atoms with van der Waals surface area (Å²) < 4.78 is 39.8. The topological polar surface area (TPSA) is 12.0 Å². The van der Waals surface area contributed by atoms with Crippen LogP contribution in [0.25, 0.3) is 10.1 Å². The first-order valence-corrected chi connectivity index (χ1v) is 7.60. The minimum Gasteiger partial charge on any atom is -0.314 e. The van der Waals surface area contributed by atoms with Crippen LogP contribution in [0.4, 0.5) is 13.2 Å². The fraction of sp³-hybridized carbons (Fsp3) is 0.467. The van der Waals surface area contributed by atoms with Crippen molar-refractivity contribution in [2.24, 2.45) is 0 Å². The third-order valence-electron chi connectivity index (χ3n) is 3.91. The molecule has 0 radical (unpaired) electrons. The smallest absolute Gasteiger partial charge is 0.314 e. The molecule has 2 heterocycles. The SMILES string of the molecule is C[C@@H]1C[C@@H](c2cc3c(C(F)(F)F)cccc3s2)CCN1. The summed E-state index contributed by atoms with van der Waals surface area (Å²) in [4.78, 5) is 1.09. The second-order valence-electron chi connectivity index (χ2n) is 5.44. The molecule has 1 aliphatic heterocycles. The number of alkyl halides is 3. The molecule has 1 fully saturated rings. The molecule has 1 saturated heterocycles. The van der Waals surface area contributed by atoms with Gasteiger partial charge in [-0.1, -0.05) is 6.07 Å². The molecule has 0 saturated carbocycles. The Morgan fingerprint density at radius 1 is 1.30 bits per heavy atom. The second kappa shape index (κ2) is 5.04. The lowest BCUT2D eigenvalue weighted by Gasteiger charge is -2.27. The van der Waals surface area contributed by atoms with E-state index in [9.17, 15) is 13.2 Å². The Labute approximate surface area is 119 Å². The molecule has 1 aromatic carbocycles. The minimum absolute atomic E-state index is 0.353. The van der Waals surface area contributed by atoms with Crippen LogP contribution in [0.2, 0.25) is 0 Å². The highest BCUT2D eigenvalue weighted by molar-refractivity contribution is 7.19. The molecule has 0 spiro atoms. The highest BCUT2D eigenvalue weighted by Crippen LogP contribution is 2.41. The molecule has 0 aliphatic carbocycles. The van der Waals surface area contributed by atoms with Gasteiger partial charge in [0.05, 0.1) is 5.56 Å². The van der Waals surface area contributed by atoms with E-state index in [1.807, 2.05) is 0 Å². The van der Waals surface area contributed by atoms with E-state index in [0.717, 1.165) is 29.0 Å². The lowest BCUT2D eigenvalue weighted by atomic mass is 9.91. The van der Waals surface area contributed by atoms with Gasteiger partial charge in [0.2, 0.25) is 0 Å². The highest BCUT2D eigenvalue weighted by Gasteiger charge is 2.33. The molecule has 5 heteroatoms. The van der Waals surface area contributed by atoms with Gasteiger partial charge in [0.15, 0.2) is 0 Å². The van der Waals surface area contributed by atoms with E-state index in [4.69, 9.17) is 0 Å². The van der Waals surface area contributed by atoms with Crippen molar-refractivity contribution in [2.75, 3.05) is 6.54 Å². The predicted octanol–water partition coefficient (Wildman–Crippen LogP) is 4.78. The number of nitrogens with one attached hydrogen (secondary N) is 1. The van der Waals surface area contributed by atoms with Gasteiger partial charge in [-0.3, -0.25) is 0 Å². The van der Waals surface area contributed by atoms with Gasteiger partial charge < -0.3 is 5.32 Å². The maximum absolute atomic E-state index is 13.0. The van der Waals surface area contributed by atoms with Gasteiger partial charge in [-0.25, -0.2) is 0 Å². The summed E-state index contributed by atoms with van der Waals surface area (Å²) in [6.07, 6.45) is -2.29. The standard InChI is InChI=1S/C15H16F3NS/c1-9-7-10(5-6-19-9)14-8-11-12(15(16,17)18)3-2-4-13(11)20-14/h2-4,8-10,19H,5-7H2,1H3/t9-,10+/m1/s1. The van der Waals surface area contributed by atoms with Gasteiger partial charge in [-0.15, -0.1) is 11.3 Å². The first-order chi connectivity index (χ1) is 9.45. The van der Waals surface area contributed by atoms with Crippen molar-refractivity contribution >= 4 is 21.4 Å². The summed E-state index contributed by atoms with van der Waals surface area (Å²) in [5, 5.41) is 3.73. The Bertz CT molecular complexity index is 617. The number of piperidine rings is 1. The van der Waals surface area contributed by atoms with Crippen LogP contribution in [-0.4, -0.2) is 12.6 Å². The van der Waals surface area contributed by atoms with Crippen LogP contribution in [-0.2, 0) is 6.18 Å². The highest BCUT2D eigenvalue weighted by atomic mass is 32.1. The number of benzene rings is 1. The number of hydrogen-bond donors (Lipinski definition) is 1. The van der Waals surface area contributed by atoms with E-state index in [1.54, 1.807) is 12.1 Å². The Morgan fingerprint density at radius 2 is 2.10 bits per heavy atom. The summed E-state index contributed by atoms with van der Waals surface area (Å²) in [6.45, 7) is 3.06. The second-order valence-corrected chi connectivity index (χ2v) is 6.56. The van der Waals surface area contributed by atoms with Crippen molar-refractivity contribution in [3.05, 3.63) is 34.7 Å². The van der Waals surface area contributed by atoms with Gasteiger partial charge in [-0.2, -0.15) is 13.2 Å². The molecule has 0 unspecified atom stereocenters. The summed E-state index contributed by atoms with van der Waals surface area (Å²) in [5.41, 5.74) is -0.514. The maximum atomic E-state index is 13.0. The summed E-state index contributed by atoms with van der Waals surface area (Å²) in [5.74, 6) is 0.379. The van der Waals surface area contributed by atoms with Crippen LogP contribution in [0.3, 0.4) is 0 Å². The Hall–Kier alpha value is -1.07. The van der Waals surface area contributed by atoms with Crippen molar-refractivity contribution in [1.29, 1.82) is 0 Å². The van der Waals surface area contributed by atoms with Gasteiger partial charge in [0.1, 0.15) is 0 Å². The van der Waals surface area contributed by atoms with Gasteiger partial charge in [0.25, 0.3) is 0 Å². The number of hydrogen-bond acceptors (Lipinski definition) is 2. The van der Waals surface area contributed by atoms with E-state index in [1.165, 1.54) is 23.5 Å². The zero-order valence-electron chi connectivity index (χ0n) is 11.1. The molecule has 108 valence electrons. The van der Waals surface area contributed by atoms with E-state index in [0.29, 0.717) is 17.3 Å². The van der Waals surface area contributed by atoms with Crippen molar-refractivity contribution < 1.29 is 13.2 Å². The molecule has 20 heavy (non-hydrogen) atoms. The van der Waals surface area contributed by atoms with E-state index in [2.05, 4.69) is 12.2 Å². The summed E-state index contributed by atoms with van der Waals surface area (Å²) in [7, 11) is 0. The average Bonchev–Trinajstić information content (AvgIpc) is 2.81. The number of thiophene rings is 1. The Morgan fingerprint density at radius 3 is 2.80 bits per heavy atom. The minimum atomic E-state index is -4.28. The third kappa shape index (κ3) is 2.56. The van der Waals surface area contributed by atoms with Crippen molar-refractivity contribution in [3.63, 3.8) is 0 Å². The molecule has 1 aromatic heterocycles. The molecular weight excluding hydrogens is 283 g/mol. The Kier molecular flexibility index (Phi) is 3.50. The molecule has 0 bridgehead atoms. The fourth-order valence-electron chi connectivity index (χ4n) is 2.92. The largest absolute Gasteiger partial charge is 0.417 e. The quantitative estimate of drug-likeness (QED) is 0.799. The molecule has 3 rings (SSSR count). The number of halogens is 3. The molecule has 2 atom stereocenters. The van der Waals surface area contributed by atoms with Crippen LogP contribution in [0.15, 0.2) is 24.3 Å². The number of rotatable bonds is 1. The molecule has 1 aliphatic rings. The monoisotopic (exact) mass is 299 g/mol. The fourth-order valence-corrected chi connectivity index (χ4v) is 4.16. The first-order valence-electron chi connectivity index (χ1n) is 6.78. The average molecular weight is 299 g/mol. The molecule has 2 aromatic rings. The maximum Gasteiger partial charge on any atom is 0.417 e. The molecule has 0 amide bonds. The zero-order chi connectivity index (χ0) is 14.3. The lowest BCUT2D eigenvalue weighted by molar-refractivity contribution is -0.136. The van der Waals surface area contributed by atoms with Crippen molar-refractivity contribution in [3.8, 4) is 0 Å². The van der Waals surface area contributed by atoms with Crippen molar-refractivity contribution in [1.82, 2.24) is 5.32 Å². The molecule has 1 nitrogen and oxygen atoms in total. The summed E-state index contributed by atoms with van der Waals surface area (Å²) >= 11 is 1.51. The first kappa shape index (κ1) is 13.9. The van der Waals surface area contributed by atoms with Crippen LogP contribution < -0.4 is 5.32 Å². The van der Waals surface area contributed by atoms with Crippen LogP contribution in [0.5, 0.6) is 0 Å². The normalized spacial score (nSPS) is 24.2. The zero-order valence-corrected chi connectivity index (χ0v) is 11.9. The van der Waals surface area contributed by atoms with Crippen LogP contribution in [0.1, 0.15) is 36.1 Å². The third-order valence-corrected chi connectivity index (χ3v) is 5.17. The van der Waals surface area contributed by atoms with E-state index in [-0.39, 0.29) is 0 Å². The lowest BCUT2D eigenvalue weighted by Crippen LogP contribution is -2.34. The van der Waals surface area contributed by atoms with Gasteiger partial charge >= 0.3 is 6.18 Å². The Balaban J connectivity index is 2.02. The van der Waals surface area contributed by atoms with Crippen LogP contribution >= 0.6 is 11.3 Å². The number of fused-ring (bicyclic) bond motifs is 1. The van der Waals surface area contributed by atoms with E-state index >= 15 is 0 Å².